The van der Waals surface area contributed by atoms with Gasteiger partial charge in [0.15, 0.2) is 11.6 Å². The summed E-state index contributed by atoms with van der Waals surface area (Å²) in [5, 5.41) is 7.25. The molecular weight excluding hydrogens is 496 g/mol. The Balaban J connectivity index is 1.96. The van der Waals surface area contributed by atoms with Crippen molar-refractivity contribution in [1.82, 2.24) is 0 Å². The van der Waals surface area contributed by atoms with Gasteiger partial charge >= 0.3 is 0 Å². The van der Waals surface area contributed by atoms with Crippen molar-refractivity contribution in [3.63, 3.8) is 0 Å². The number of nitrogens with one attached hydrogen (secondary N) is 2. The molecule has 0 aromatic heterocycles. The summed E-state index contributed by atoms with van der Waals surface area (Å²) in [5.41, 5.74) is 3.56. The number of likely N-dealkylation sites (N-methyl/N-ethyl adjacent to an activating group) is 2. The fraction of sp³-hybridized carbons (Fsp3) is 0.588. The number of benzene rings is 2. The Morgan fingerprint density at radius 3 is 1.20 bits per heavy atom. The SMILES string of the molecule is CCC(CNc1cccc2c1C(=O)c1c(NCC(CC)[N+](CC)(CC)CC)cccc1C2=O)[N+](CC)(CC)CC. The number of nitrogens with zero attached hydrogens (tertiary/aromatic N) is 2. The molecule has 6 nitrogen and oxygen atoms in total. The molecule has 0 saturated carbocycles. The summed E-state index contributed by atoms with van der Waals surface area (Å²) in [4.78, 5) is 27.9. The van der Waals surface area contributed by atoms with E-state index in [9.17, 15) is 9.59 Å². The van der Waals surface area contributed by atoms with E-state index in [0.29, 0.717) is 34.3 Å². The fourth-order valence-electron chi connectivity index (χ4n) is 7.33. The highest BCUT2D eigenvalue weighted by Gasteiger charge is 2.36. The molecule has 0 heterocycles. The maximum Gasteiger partial charge on any atom is 0.198 e. The lowest BCUT2D eigenvalue weighted by molar-refractivity contribution is -0.945. The van der Waals surface area contributed by atoms with Crippen molar-refractivity contribution in [2.45, 2.75) is 80.3 Å². The summed E-state index contributed by atoms with van der Waals surface area (Å²) in [6.07, 6.45) is 2.10. The van der Waals surface area contributed by atoms with E-state index in [4.69, 9.17) is 0 Å². The monoisotopic (exact) mass is 550 g/mol. The van der Waals surface area contributed by atoms with Crippen molar-refractivity contribution in [3.8, 4) is 0 Å². The molecule has 0 fully saturated rings. The minimum Gasteiger partial charge on any atom is -0.378 e. The fourth-order valence-corrected chi connectivity index (χ4v) is 7.33. The van der Waals surface area contributed by atoms with E-state index in [1.54, 1.807) is 12.1 Å². The number of ketones is 2. The molecule has 2 unspecified atom stereocenters. The van der Waals surface area contributed by atoms with Gasteiger partial charge in [-0.1, -0.05) is 38.1 Å². The van der Waals surface area contributed by atoms with E-state index in [0.717, 1.165) is 85.5 Å². The number of fused-ring (bicyclic) bond motifs is 2. The number of carbonyl (C=O) groups is 2. The zero-order chi connectivity index (χ0) is 29.5. The van der Waals surface area contributed by atoms with Gasteiger partial charge in [-0.3, -0.25) is 9.59 Å². The molecule has 0 saturated heterocycles. The average Bonchev–Trinajstić information content (AvgIpc) is 3.00. The zero-order valence-corrected chi connectivity index (χ0v) is 26.4. The van der Waals surface area contributed by atoms with Crippen molar-refractivity contribution in [2.24, 2.45) is 0 Å². The Morgan fingerprint density at radius 1 is 0.550 bits per heavy atom. The van der Waals surface area contributed by atoms with Crippen LogP contribution in [0.1, 0.15) is 100 Å². The molecule has 0 spiro atoms. The molecule has 0 aliphatic heterocycles. The highest BCUT2D eigenvalue weighted by atomic mass is 16.1. The first kappa shape index (κ1) is 31.8. The summed E-state index contributed by atoms with van der Waals surface area (Å²) >= 11 is 0. The molecule has 1 aliphatic rings. The van der Waals surface area contributed by atoms with Crippen molar-refractivity contribution in [3.05, 3.63) is 58.7 Å². The molecule has 40 heavy (non-hydrogen) atoms. The second-order valence-electron chi connectivity index (χ2n) is 11.3. The van der Waals surface area contributed by atoms with E-state index < -0.39 is 0 Å². The average molecular weight is 551 g/mol. The Labute approximate surface area is 243 Å². The lowest BCUT2D eigenvalue weighted by Crippen LogP contribution is -2.57. The van der Waals surface area contributed by atoms with Gasteiger partial charge in [0, 0.05) is 22.5 Å². The highest BCUT2D eigenvalue weighted by Crippen LogP contribution is 2.36. The van der Waals surface area contributed by atoms with Crippen LogP contribution in [0.15, 0.2) is 36.4 Å². The number of rotatable bonds is 16. The van der Waals surface area contributed by atoms with Crippen LogP contribution >= 0.6 is 0 Å². The molecule has 2 atom stereocenters. The predicted molar refractivity (Wildman–Crippen MR) is 169 cm³/mol. The van der Waals surface area contributed by atoms with Gasteiger partial charge in [0.1, 0.15) is 12.1 Å². The zero-order valence-electron chi connectivity index (χ0n) is 26.4. The second kappa shape index (κ2) is 13.8. The number of anilines is 2. The van der Waals surface area contributed by atoms with E-state index in [1.165, 1.54) is 0 Å². The Morgan fingerprint density at radius 2 is 0.900 bits per heavy atom. The minimum atomic E-state index is -0.0717. The lowest BCUT2D eigenvalue weighted by Gasteiger charge is -2.43. The number of carbonyl (C=O) groups excluding carboxylic acids is 2. The lowest BCUT2D eigenvalue weighted by atomic mass is 9.82. The van der Waals surface area contributed by atoms with Gasteiger partial charge in [-0.25, -0.2) is 0 Å². The Hall–Kier alpha value is -2.70. The summed E-state index contributed by atoms with van der Waals surface area (Å²) in [6.45, 7) is 26.1. The quantitative estimate of drug-likeness (QED) is 0.197. The standard InChI is InChI=1S/C34H53N4O2/c1-9-25(37(11-3,12-4)13-5)23-35-29-21-17-19-27-31(29)34(40)32-28(33(27)39)20-18-22-30(32)36-24-26(10-2)38(14-6,15-7)16-8/h17-22,25-26H,9-16,23-24H2,1-8H3,(H-,35,36,40)/q+1/p+1. The third-order valence-corrected chi connectivity index (χ3v) is 10.4. The first-order valence-corrected chi connectivity index (χ1v) is 15.8. The predicted octanol–water partition coefficient (Wildman–Crippen LogP) is 6.60. The van der Waals surface area contributed by atoms with Gasteiger partial charge in [0.25, 0.3) is 0 Å². The Bertz CT molecular complexity index is 1060. The van der Waals surface area contributed by atoms with Crippen molar-refractivity contribution < 1.29 is 18.6 Å². The third kappa shape index (κ3) is 5.71. The van der Waals surface area contributed by atoms with Crippen molar-refractivity contribution >= 4 is 22.9 Å². The van der Waals surface area contributed by atoms with Crippen molar-refractivity contribution in [1.29, 1.82) is 0 Å². The van der Waals surface area contributed by atoms with Gasteiger partial charge in [-0.2, -0.15) is 0 Å². The van der Waals surface area contributed by atoms with Gasteiger partial charge in [-0.05, 0) is 66.5 Å². The maximum absolute atomic E-state index is 14.2. The van der Waals surface area contributed by atoms with E-state index in [2.05, 4.69) is 66.0 Å². The molecule has 0 amide bonds. The van der Waals surface area contributed by atoms with Crippen LogP contribution in [0.25, 0.3) is 0 Å². The van der Waals surface area contributed by atoms with Crippen LogP contribution in [0.4, 0.5) is 11.4 Å². The highest BCUT2D eigenvalue weighted by molar-refractivity contribution is 6.31. The molecule has 2 aromatic rings. The van der Waals surface area contributed by atoms with Crippen molar-refractivity contribution in [2.75, 3.05) is 63.0 Å². The molecule has 2 aromatic carbocycles. The third-order valence-electron chi connectivity index (χ3n) is 10.4. The van der Waals surface area contributed by atoms with Crippen LogP contribution in [-0.2, 0) is 0 Å². The van der Waals surface area contributed by atoms with Crippen LogP contribution in [0, 0.1) is 0 Å². The smallest absolute Gasteiger partial charge is 0.198 e. The van der Waals surface area contributed by atoms with Gasteiger partial charge < -0.3 is 19.6 Å². The van der Waals surface area contributed by atoms with E-state index >= 15 is 0 Å². The van der Waals surface area contributed by atoms with Crippen LogP contribution in [0.5, 0.6) is 0 Å². The molecule has 6 heteroatoms. The summed E-state index contributed by atoms with van der Waals surface area (Å²) in [6, 6.07) is 12.2. The topological polar surface area (TPSA) is 58.2 Å². The second-order valence-corrected chi connectivity index (χ2v) is 11.3. The van der Waals surface area contributed by atoms with Crippen LogP contribution in [-0.4, -0.2) is 85.0 Å². The minimum absolute atomic E-state index is 0.0682. The Kier molecular flexibility index (Phi) is 11.0. The molecular formula is C34H54N4O2+2. The van der Waals surface area contributed by atoms with Crippen LogP contribution in [0.2, 0.25) is 0 Å². The van der Waals surface area contributed by atoms with Crippen LogP contribution in [0.3, 0.4) is 0 Å². The summed E-state index contributed by atoms with van der Waals surface area (Å²) < 4.78 is 2.07. The van der Waals surface area contributed by atoms with Gasteiger partial charge in [0.05, 0.1) is 63.5 Å². The normalized spacial score (nSPS) is 14.9. The van der Waals surface area contributed by atoms with Gasteiger partial charge in [-0.15, -0.1) is 0 Å². The number of hydrogen-bond donors (Lipinski definition) is 2. The number of quaternary nitrogens is 2. The molecule has 3 rings (SSSR count). The molecule has 2 N–H and O–H groups in total. The van der Waals surface area contributed by atoms with E-state index in [1.807, 2.05) is 24.3 Å². The molecule has 0 bridgehead atoms. The molecule has 1 aliphatic carbocycles. The summed E-state index contributed by atoms with van der Waals surface area (Å²) in [7, 11) is 0. The van der Waals surface area contributed by atoms with E-state index in [-0.39, 0.29) is 11.6 Å². The first-order valence-electron chi connectivity index (χ1n) is 15.8. The molecule has 220 valence electrons. The first-order chi connectivity index (χ1) is 19.3. The largest absolute Gasteiger partial charge is 0.378 e. The molecule has 0 radical (unpaired) electrons. The van der Waals surface area contributed by atoms with Crippen LogP contribution < -0.4 is 10.6 Å². The number of hydrogen-bond acceptors (Lipinski definition) is 4. The maximum atomic E-state index is 14.2. The van der Waals surface area contributed by atoms with Gasteiger partial charge in [0.2, 0.25) is 0 Å². The summed E-state index contributed by atoms with van der Waals surface area (Å²) in [5.74, 6) is -0.140.